The van der Waals surface area contributed by atoms with Crippen molar-refractivity contribution in [2.24, 2.45) is 10.8 Å². The van der Waals surface area contributed by atoms with Crippen LogP contribution in [0.2, 0.25) is 0 Å². The van der Waals surface area contributed by atoms with Crippen LogP contribution in [0.4, 0.5) is 4.79 Å². The third-order valence-corrected chi connectivity index (χ3v) is 5.71. The highest BCUT2D eigenvalue weighted by Crippen LogP contribution is 2.32. The van der Waals surface area contributed by atoms with Crippen LogP contribution >= 0.6 is 12.4 Å². The molecule has 0 atom stereocenters. The Morgan fingerprint density at radius 3 is 1.73 bits per heavy atom. The second kappa shape index (κ2) is 13.7. The van der Waals surface area contributed by atoms with Gasteiger partial charge in [0.05, 0.1) is 26.4 Å². The molecule has 1 amide bonds. The molecule has 0 unspecified atom stereocenters. The molecule has 0 aromatic carbocycles. The van der Waals surface area contributed by atoms with Gasteiger partial charge in [0.2, 0.25) is 0 Å². The number of methoxy groups -OCH3 is 2. The van der Waals surface area contributed by atoms with Gasteiger partial charge in [-0.05, 0) is 59.5 Å². The van der Waals surface area contributed by atoms with E-state index in [2.05, 4.69) is 5.32 Å². The van der Waals surface area contributed by atoms with Crippen molar-refractivity contribution >= 4 is 18.5 Å². The van der Waals surface area contributed by atoms with Gasteiger partial charge in [-0.3, -0.25) is 0 Å². The number of piperidine rings is 2. The van der Waals surface area contributed by atoms with Gasteiger partial charge in [0.1, 0.15) is 5.60 Å². The van der Waals surface area contributed by atoms with Gasteiger partial charge < -0.3 is 34.6 Å². The summed E-state index contributed by atoms with van der Waals surface area (Å²) in [4.78, 5) is 13.6. The molecular formula is C21H43ClN2O6. The van der Waals surface area contributed by atoms with E-state index in [9.17, 15) is 9.90 Å². The van der Waals surface area contributed by atoms with Crippen LogP contribution in [0.1, 0.15) is 46.5 Å². The third-order valence-electron chi connectivity index (χ3n) is 5.71. The molecule has 180 valence electrons. The quantitative estimate of drug-likeness (QED) is 0.564. The van der Waals surface area contributed by atoms with Crippen LogP contribution in [0, 0.1) is 10.8 Å². The van der Waals surface area contributed by atoms with Crippen molar-refractivity contribution in [1.82, 2.24) is 10.2 Å². The van der Waals surface area contributed by atoms with Crippen molar-refractivity contribution in [3.8, 4) is 0 Å². The Labute approximate surface area is 188 Å². The van der Waals surface area contributed by atoms with Crippen molar-refractivity contribution in [2.45, 2.75) is 52.1 Å². The largest absolute Gasteiger partial charge is 0.444 e. The number of nitrogens with zero attached hydrogens (tertiary/aromatic N) is 1. The zero-order chi connectivity index (χ0) is 22.0. The van der Waals surface area contributed by atoms with Crippen molar-refractivity contribution in [2.75, 3.05) is 66.8 Å². The first-order valence-electron chi connectivity index (χ1n) is 10.5. The highest BCUT2D eigenvalue weighted by Gasteiger charge is 2.36. The predicted octanol–water partition coefficient (Wildman–Crippen LogP) is 2.06. The number of likely N-dealkylation sites (tertiary alicyclic amines) is 1. The molecule has 2 aliphatic heterocycles. The molecule has 30 heavy (non-hydrogen) atoms. The lowest BCUT2D eigenvalue weighted by Gasteiger charge is -2.40. The number of nitrogens with one attached hydrogen (secondary N) is 1. The summed E-state index contributed by atoms with van der Waals surface area (Å²) in [5.41, 5.74) is -0.623. The fraction of sp³-hybridized carbons (Fsp3) is 0.952. The number of amides is 1. The summed E-state index contributed by atoms with van der Waals surface area (Å²) >= 11 is 0. The SMILES string of the molecule is COCC1(CO)CCN(C(=O)OC(C)(C)C)CC1.COCC1(CO)CCNCC1.Cl. The van der Waals surface area contributed by atoms with E-state index in [1.807, 2.05) is 20.8 Å². The highest BCUT2D eigenvalue weighted by molar-refractivity contribution is 5.85. The van der Waals surface area contributed by atoms with Gasteiger partial charge in [-0.2, -0.15) is 0 Å². The summed E-state index contributed by atoms with van der Waals surface area (Å²) in [6.45, 7) is 10.4. The van der Waals surface area contributed by atoms with Crippen LogP contribution in [0.25, 0.3) is 0 Å². The number of ether oxygens (including phenoxy) is 3. The van der Waals surface area contributed by atoms with Gasteiger partial charge in [0.25, 0.3) is 0 Å². The molecule has 0 aliphatic carbocycles. The van der Waals surface area contributed by atoms with E-state index in [4.69, 9.17) is 19.3 Å². The van der Waals surface area contributed by atoms with Crippen LogP contribution < -0.4 is 5.32 Å². The maximum Gasteiger partial charge on any atom is 0.410 e. The van der Waals surface area contributed by atoms with Gasteiger partial charge in [-0.25, -0.2) is 4.79 Å². The first kappa shape index (κ1) is 29.4. The molecule has 2 fully saturated rings. The van der Waals surface area contributed by atoms with Gasteiger partial charge in [0, 0.05) is 38.1 Å². The summed E-state index contributed by atoms with van der Waals surface area (Å²) < 4.78 is 15.6. The Morgan fingerprint density at radius 2 is 1.37 bits per heavy atom. The number of carbonyl (C=O) groups excluding carboxylic acids is 1. The second-order valence-electron chi connectivity index (χ2n) is 9.40. The van der Waals surface area contributed by atoms with Crippen LogP contribution in [0.15, 0.2) is 0 Å². The maximum atomic E-state index is 11.9. The van der Waals surface area contributed by atoms with E-state index >= 15 is 0 Å². The molecule has 3 N–H and O–H groups in total. The molecule has 0 saturated carbocycles. The van der Waals surface area contributed by atoms with Crippen LogP contribution in [0.3, 0.4) is 0 Å². The van der Waals surface area contributed by atoms with E-state index in [1.54, 1.807) is 19.1 Å². The molecule has 8 nitrogen and oxygen atoms in total. The van der Waals surface area contributed by atoms with Crippen molar-refractivity contribution < 1.29 is 29.2 Å². The van der Waals surface area contributed by atoms with Crippen LogP contribution in [0.5, 0.6) is 0 Å². The molecule has 9 heteroatoms. The summed E-state index contributed by atoms with van der Waals surface area (Å²) in [6, 6.07) is 0. The smallest absolute Gasteiger partial charge is 0.410 e. The zero-order valence-corrected chi connectivity index (χ0v) is 20.2. The summed E-state index contributed by atoms with van der Waals surface area (Å²) in [6.07, 6.45) is 3.27. The van der Waals surface area contributed by atoms with E-state index in [1.165, 1.54) is 0 Å². The van der Waals surface area contributed by atoms with Crippen LogP contribution in [-0.4, -0.2) is 93.6 Å². The lowest BCUT2D eigenvalue weighted by atomic mass is 9.80. The van der Waals surface area contributed by atoms with Gasteiger partial charge in [-0.15, -0.1) is 12.4 Å². The zero-order valence-electron chi connectivity index (χ0n) is 19.4. The molecule has 0 aromatic heterocycles. The van der Waals surface area contributed by atoms with Gasteiger partial charge in [0.15, 0.2) is 0 Å². The standard InChI is InChI=1S/C13H25NO4.C8H17NO2.ClH/c1-12(2,3)18-11(16)14-7-5-13(9-15,6-8-14)10-17-4;1-11-7-8(6-10)2-4-9-5-3-8;/h15H,5-10H2,1-4H3;9-10H,2-7H2,1H3;1H. The van der Waals surface area contributed by atoms with Gasteiger partial charge in [-0.1, -0.05) is 0 Å². The molecule has 0 aromatic rings. The average molecular weight is 455 g/mol. The highest BCUT2D eigenvalue weighted by atomic mass is 35.5. The number of hydrogen-bond acceptors (Lipinski definition) is 7. The predicted molar refractivity (Wildman–Crippen MR) is 119 cm³/mol. The third kappa shape index (κ3) is 9.66. The molecule has 2 aliphatic rings. The number of aliphatic hydroxyl groups excluding tert-OH is 2. The molecule has 2 saturated heterocycles. The molecule has 2 rings (SSSR count). The fourth-order valence-corrected chi connectivity index (χ4v) is 3.76. The second-order valence-corrected chi connectivity index (χ2v) is 9.40. The van der Waals surface area contributed by atoms with E-state index in [0.29, 0.717) is 26.3 Å². The number of hydrogen-bond donors (Lipinski definition) is 3. The lowest BCUT2D eigenvalue weighted by Crippen LogP contribution is -2.47. The van der Waals surface area contributed by atoms with Crippen molar-refractivity contribution in [3.05, 3.63) is 0 Å². The average Bonchev–Trinajstić information content (AvgIpc) is 2.69. The Balaban J connectivity index is 0.000000603. The topological polar surface area (TPSA) is 100 Å². The van der Waals surface area contributed by atoms with E-state index in [0.717, 1.165) is 38.8 Å². The molecule has 0 bridgehead atoms. The minimum absolute atomic E-state index is 0. The normalized spacial score (nSPS) is 20.4. The Bertz CT molecular complexity index is 467. The minimum Gasteiger partial charge on any atom is -0.444 e. The molecule has 0 radical (unpaired) electrons. The minimum atomic E-state index is -0.463. The van der Waals surface area contributed by atoms with Crippen molar-refractivity contribution in [1.29, 1.82) is 0 Å². The number of carbonyl (C=O) groups is 1. The Kier molecular flexibility index (Phi) is 13.4. The maximum absolute atomic E-state index is 11.9. The molecular weight excluding hydrogens is 412 g/mol. The summed E-state index contributed by atoms with van der Waals surface area (Å²) in [7, 11) is 3.33. The monoisotopic (exact) mass is 454 g/mol. The first-order valence-corrected chi connectivity index (χ1v) is 10.5. The Morgan fingerprint density at radius 1 is 0.933 bits per heavy atom. The Hall–Kier alpha value is -0.640. The summed E-state index contributed by atoms with van der Waals surface area (Å²) in [5.74, 6) is 0. The number of rotatable bonds is 6. The number of aliphatic hydroxyl groups is 2. The molecule has 2 heterocycles. The lowest BCUT2D eigenvalue weighted by molar-refractivity contribution is -0.0285. The number of halogens is 1. The van der Waals surface area contributed by atoms with E-state index < -0.39 is 5.60 Å². The van der Waals surface area contributed by atoms with Crippen molar-refractivity contribution in [3.63, 3.8) is 0 Å². The van der Waals surface area contributed by atoms with Gasteiger partial charge >= 0.3 is 6.09 Å². The first-order chi connectivity index (χ1) is 13.6. The summed E-state index contributed by atoms with van der Waals surface area (Å²) in [5, 5.41) is 21.9. The van der Waals surface area contributed by atoms with E-state index in [-0.39, 0.29) is 42.5 Å². The fourth-order valence-electron chi connectivity index (χ4n) is 3.76. The molecule has 0 spiro atoms. The van der Waals surface area contributed by atoms with Crippen LogP contribution in [-0.2, 0) is 14.2 Å².